The Labute approximate surface area is 169 Å². The molecule has 0 aliphatic heterocycles. The van der Waals surface area contributed by atoms with Gasteiger partial charge in [0.2, 0.25) is 10.0 Å². The van der Waals surface area contributed by atoms with Gasteiger partial charge in [-0.05, 0) is 47.5 Å². The molecule has 3 rings (SSSR count). The third kappa shape index (κ3) is 5.26. The third-order valence-electron chi connectivity index (χ3n) is 4.21. The minimum Gasteiger partial charge on any atom is -0.497 e. The van der Waals surface area contributed by atoms with Gasteiger partial charge in [0.15, 0.2) is 5.75 Å². The van der Waals surface area contributed by atoms with E-state index in [1.807, 2.05) is 30.3 Å². The maximum absolute atomic E-state index is 12.2. The Hall–Kier alpha value is -3.07. The van der Waals surface area contributed by atoms with E-state index < -0.39 is 10.0 Å². The number of nitrogens with two attached hydrogens (primary N) is 1. The van der Waals surface area contributed by atoms with Gasteiger partial charge in [0.1, 0.15) is 16.4 Å². The average molecular weight is 414 g/mol. The van der Waals surface area contributed by atoms with Gasteiger partial charge in [-0.25, -0.2) is 13.6 Å². The van der Waals surface area contributed by atoms with E-state index >= 15 is 0 Å². The number of anilines is 1. The van der Waals surface area contributed by atoms with Crippen molar-refractivity contribution < 1.29 is 23.0 Å². The summed E-state index contributed by atoms with van der Waals surface area (Å²) in [5.41, 5.74) is 1.79. The van der Waals surface area contributed by atoms with E-state index in [2.05, 4.69) is 5.32 Å². The van der Waals surface area contributed by atoms with Crippen LogP contribution >= 0.6 is 0 Å². The molecule has 0 aliphatic carbocycles. The van der Waals surface area contributed by atoms with E-state index in [9.17, 15) is 13.5 Å². The van der Waals surface area contributed by atoms with E-state index in [-0.39, 0.29) is 17.3 Å². The van der Waals surface area contributed by atoms with Crippen LogP contribution in [0.4, 0.5) is 5.69 Å². The molecule has 0 aromatic heterocycles. The number of benzene rings is 3. The van der Waals surface area contributed by atoms with Crippen molar-refractivity contribution in [1.82, 2.24) is 0 Å². The molecule has 29 heavy (non-hydrogen) atoms. The zero-order chi connectivity index (χ0) is 20.9. The van der Waals surface area contributed by atoms with Crippen molar-refractivity contribution in [2.45, 2.75) is 18.0 Å². The molecule has 0 spiro atoms. The lowest BCUT2D eigenvalue weighted by Gasteiger charge is -2.18. The fourth-order valence-electron chi connectivity index (χ4n) is 2.75. The van der Waals surface area contributed by atoms with Crippen LogP contribution in [0.1, 0.15) is 11.1 Å². The first-order valence-corrected chi connectivity index (χ1v) is 10.4. The molecular formula is C21H22N2O5S. The quantitative estimate of drug-likeness (QED) is 0.522. The van der Waals surface area contributed by atoms with Crippen LogP contribution in [0, 0.1) is 0 Å². The first-order valence-electron chi connectivity index (χ1n) is 8.81. The summed E-state index contributed by atoms with van der Waals surface area (Å²) in [5, 5.41) is 18.2. The van der Waals surface area contributed by atoms with E-state index in [1.165, 1.54) is 6.07 Å². The molecule has 0 atom stereocenters. The van der Waals surface area contributed by atoms with Gasteiger partial charge in [0.05, 0.1) is 19.4 Å². The van der Waals surface area contributed by atoms with Gasteiger partial charge >= 0.3 is 0 Å². The van der Waals surface area contributed by atoms with Crippen molar-refractivity contribution >= 4 is 15.7 Å². The van der Waals surface area contributed by atoms with Crippen LogP contribution in [0.25, 0.3) is 0 Å². The minimum atomic E-state index is -4.11. The summed E-state index contributed by atoms with van der Waals surface area (Å²) in [6.07, 6.45) is 0. The monoisotopic (exact) mass is 414 g/mol. The molecule has 0 radical (unpaired) electrons. The highest BCUT2D eigenvalue weighted by Gasteiger charge is 2.21. The highest BCUT2D eigenvalue weighted by Crippen LogP contribution is 2.37. The summed E-state index contributed by atoms with van der Waals surface area (Å²) in [6, 6.07) is 19.3. The number of primary sulfonamides is 1. The second-order valence-electron chi connectivity index (χ2n) is 6.29. The standard InChI is InChI=1S/C21H22N2O5S/c1-27-17-7-9-18(10-8-17)28-21-19(23-13-15-5-3-2-4-6-15)11-16(14-24)12-20(21)29(22,25)26/h2-12,23-24H,13-14H2,1H3,(H2,22,25,26). The van der Waals surface area contributed by atoms with E-state index in [1.54, 1.807) is 37.4 Å². The van der Waals surface area contributed by atoms with Gasteiger partial charge in [-0.15, -0.1) is 0 Å². The van der Waals surface area contributed by atoms with Crippen LogP contribution in [0.15, 0.2) is 71.6 Å². The Morgan fingerprint density at radius 1 is 0.966 bits per heavy atom. The van der Waals surface area contributed by atoms with Gasteiger partial charge in [-0.1, -0.05) is 30.3 Å². The fourth-order valence-corrected chi connectivity index (χ4v) is 3.48. The summed E-state index contributed by atoms with van der Waals surface area (Å²) in [4.78, 5) is -0.213. The van der Waals surface area contributed by atoms with Crippen LogP contribution < -0.4 is 19.9 Å². The Bertz CT molecular complexity index is 1070. The second-order valence-corrected chi connectivity index (χ2v) is 7.82. The molecule has 0 heterocycles. The number of hydrogen-bond donors (Lipinski definition) is 3. The maximum atomic E-state index is 12.2. The molecule has 0 unspecified atom stereocenters. The Kier molecular flexibility index (Phi) is 6.38. The van der Waals surface area contributed by atoms with Gasteiger partial charge < -0.3 is 19.9 Å². The fraction of sp³-hybridized carbons (Fsp3) is 0.143. The molecule has 0 saturated carbocycles. The van der Waals surface area contributed by atoms with Crippen LogP contribution in [-0.2, 0) is 23.2 Å². The minimum absolute atomic E-state index is 0.0609. The van der Waals surface area contributed by atoms with Crippen molar-refractivity contribution in [1.29, 1.82) is 0 Å². The van der Waals surface area contributed by atoms with Crippen LogP contribution in [-0.4, -0.2) is 20.6 Å². The van der Waals surface area contributed by atoms with Crippen molar-refractivity contribution in [3.8, 4) is 17.2 Å². The maximum Gasteiger partial charge on any atom is 0.241 e. The van der Waals surface area contributed by atoms with Crippen molar-refractivity contribution in [2.24, 2.45) is 5.14 Å². The SMILES string of the molecule is COc1ccc(Oc2c(NCc3ccccc3)cc(CO)cc2S(N)(=O)=O)cc1. The highest BCUT2D eigenvalue weighted by atomic mass is 32.2. The van der Waals surface area contributed by atoms with E-state index in [4.69, 9.17) is 14.6 Å². The van der Waals surface area contributed by atoms with Crippen LogP contribution in [0.5, 0.6) is 17.2 Å². The molecule has 3 aromatic rings. The van der Waals surface area contributed by atoms with Gasteiger partial charge in [0.25, 0.3) is 0 Å². The van der Waals surface area contributed by atoms with E-state index in [0.29, 0.717) is 29.3 Å². The van der Waals surface area contributed by atoms with E-state index in [0.717, 1.165) is 5.56 Å². The van der Waals surface area contributed by atoms with Crippen LogP contribution in [0.2, 0.25) is 0 Å². The summed E-state index contributed by atoms with van der Waals surface area (Å²) in [6.45, 7) is 0.0874. The topological polar surface area (TPSA) is 111 Å². The molecule has 3 aromatic carbocycles. The van der Waals surface area contributed by atoms with Crippen LogP contribution in [0.3, 0.4) is 0 Å². The Balaban J connectivity index is 2.03. The molecule has 0 aliphatic rings. The first kappa shape index (κ1) is 20.7. The molecule has 8 heteroatoms. The highest BCUT2D eigenvalue weighted by molar-refractivity contribution is 7.89. The lowest BCUT2D eigenvalue weighted by Crippen LogP contribution is -2.15. The number of sulfonamides is 1. The van der Waals surface area contributed by atoms with Gasteiger partial charge in [-0.3, -0.25) is 0 Å². The number of methoxy groups -OCH3 is 1. The molecule has 4 N–H and O–H groups in total. The van der Waals surface area contributed by atoms with Crippen molar-refractivity contribution in [3.63, 3.8) is 0 Å². The summed E-state index contributed by atoms with van der Waals surface area (Å²) in [7, 11) is -2.56. The lowest BCUT2D eigenvalue weighted by atomic mass is 10.1. The number of ether oxygens (including phenoxy) is 2. The molecule has 152 valence electrons. The summed E-state index contributed by atoms with van der Waals surface area (Å²) < 4.78 is 35.4. The number of aliphatic hydroxyl groups is 1. The first-order chi connectivity index (χ1) is 13.9. The summed E-state index contributed by atoms with van der Waals surface area (Å²) >= 11 is 0. The Morgan fingerprint density at radius 3 is 2.21 bits per heavy atom. The van der Waals surface area contributed by atoms with Crippen molar-refractivity contribution in [3.05, 3.63) is 77.9 Å². The van der Waals surface area contributed by atoms with Gasteiger partial charge in [-0.2, -0.15) is 0 Å². The molecule has 0 saturated heterocycles. The molecule has 0 bridgehead atoms. The number of aliphatic hydroxyl groups excluding tert-OH is 1. The average Bonchev–Trinajstić information content (AvgIpc) is 2.73. The molecule has 7 nitrogen and oxygen atoms in total. The number of hydrogen-bond acceptors (Lipinski definition) is 6. The molecule has 0 fully saturated rings. The molecule has 0 amide bonds. The zero-order valence-corrected chi connectivity index (χ0v) is 16.6. The van der Waals surface area contributed by atoms with Crippen molar-refractivity contribution in [2.75, 3.05) is 12.4 Å². The number of rotatable bonds is 8. The summed E-state index contributed by atoms with van der Waals surface area (Å²) in [5.74, 6) is 1.11. The predicted molar refractivity (Wildman–Crippen MR) is 111 cm³/mol. The normalized spacial score (nSPS) is 11.1. The van der Waals surface area contributed by atoms with Gasteiger partial charge in [0, 0.05) is 6.54 Å². The predicted octanol–water partition coefficient (Wildman–Crippen LogP) is 3.24. The third-order valence-corrected chi connectivity index (χ3v) is 5.13. The Morgan fingerprint density at radius 2 is 1.62 bits per heavy atom. The molecular weight excluding hydrogens is 392 g/mol. The second kappa shape index (κ2) is 8.95. The zero-order valence-electron chi connectivity index (χ0n) is 15.8. The lowest BCUT2D eigenvalue weighted by molar-refractivity contribution is 0.281. The smallest absolute Gasteiger partial charge is 0.241 e. The largest absolute Gasteiger partial charge is 0.497 e. The number of nitrogens with one attached hydrogen (secondary N) is 1.